The molecule has 4 heteroatoms. The molecule has 5 aromatic rings. The van der Waals surface area contributed by atoms with Gasteiger partial charge >= 0.3 is 0 Å². The number of fused-ring (bicyclic) bond motifs is 2. The highest BCUT2D eigenvalue weighted by molar-refractivity contribution is 6.03. The molecule has 3 aromatic heterocycles. The van der Waals surface area contributed by atoms with Crippen molar-refractivity contribution >= 4 is 38.8 Å². The third-order valence-corrected chi connectivity index (χ3v) is 5.25. The number of nitrogens with zero attached hydrogens (tertiary/aromatic N) is 3. The maximum absolute atomic E-state index is 4.73. The van der Waals surface area contributed by atoms with Crippen molar-refractivity contribution < 1.29 is 0 Å². The topological polar surface area (TPSA) is 50.7 Å². The molecule has 0 aliphatic carbocycles. The van der Waals surface area contributed by atoms with Crippen LogP contribution < -0.4 is 5.32 Å². The van der Waals surface area contributed by atoms with Crippen molar-refractivity contribution in [2.75, 3.05) is 5.32 Å². The van der Waals surface area contributed by atoms with Crippen molar-refractivity contribution in [3.05, 3.63) is 97.6 Å². The van der Waals surface area contributed by atoms with E-state index in [1.807, 2.05) is 56.0 Å². The summed E-state index contributed by atoms with van der Waals surface area (Å²) in [4.78, 5) is 13.5. The SMILES string of the molecule is C=C(C)c1ccc(Nc2ncc(-c3ccc4ccncc4c3)c3ccccc23)nc1. The number of benzene rings is 2. The summed E-state index contributed by atoms with van der Waals surface area (Å²) in [5.74, 6) is 1.54. The van der Waals surface area contributed by atoms with Crippen LogP contribution in [0.1, 0.15) is 12.5 Å². The molecule has 5 rings (SSSR count). The first kappa shape index (κ1) is 18.0. The van der Waals surface area contributed by atoms with Crippen LogP contribution in [-0.2, 0) is 0 Å². The Morgan fingerprint density at radius 2 is 1.70 bits per heavy atom. The third kappa shape index (κ3) is 3.29. The third-order valence-electron chi connectivity index (χ3n) is 5.25. The fraction of sp³-hybridized carbons (Fsp3) is 0.0385. The van der Waals surface area contributed by atoms with Gasteiger partial charge in [-0.15, -0.1) is 0 Å². The Morgan fingerprint density at radius 1 is 0.833 bits per heavy atom. The van der Waals surface area contributed by atoms with Gasteiger partial charge in [-0.1, -0.05) is 43.0 Å². The molecule has 0 amide bonds. The van der Waals surface area contributed by atoms with Gasteiger partial charge < -0.3 is 5.32 Å². The molecular formula is C26H20N4. The Labute approximate surface area is 175 Å². The summed E-state index contributed by atoms with van der Waals surface area (Å²) in [7, 11) is 0. The Bertz CT molecular complexity index is 1390. The average molecular weight is 388 g/mol. The maximum Gasteiger partial charge on any atom is 0.139 e. The monoisotopic (exact) mass is 388 g/mol. The van der Waals surface area contributed by atoms with Gasteiger partial charge in [0.15, 0.2) is 0 Å². The van der Waals surface area contributed by atoms with Crippen LogP contribution in [0.15, 0.2) is 92.0 Å². The van der Waals surface area contributed by atoms with Gasteiger partial charge in [-0.3, -0.25) is 4.98 Å². The lowest BCUT2D eigenvalue weighted by atomic mass is 9.98. The van der Waals surface area contributed by atoms with E-state index in [0.717, 1.165) is 50.1 Å². The lowest BCUT2D eigenvalue weighted by Gasteiger charge is -2.13. The number of aromatic nitrogens is 3. The lowest BCUT2D eigenvalue weighted by Crippen LogP contribution is -1.98. The number of pyridine rings is 3. The van der Waals surface area contributed by atoms with Crippen LogP contribution in [0.5, 0.6) is 0 Å². The zero-order valence-corrected chi connectivity index (χ0v) is 16.6. The maximum atomic E-state index is 4.73. The van der Waals surface area contributed by atoms with Gasteiger partial charge in [0.25, 0.3) is 0 Å². The summed E-state index contributed by atoms with van der Waals surface area (Å²) in [6.07, 6.45) is 7.45. The van der Waals surface area contributed by atoms with Gasteiger partial charge in [-0.05, 0) is 58.7 Å². The van der Waals surface area contributed by atoms with Crippen LogP contribution in [0, 0.1) is 0 Å². The number of rotatable bonds is 4. The smallest absolute Gasteiger partial charge is 0.139 e. The second kappa shape index (κ2) is 7.41. The number of allylic oxidation sites excluding steroid dienone is 1. The van der Waals surface area contributed by atoms with E-state index in [2.05, 4.69) is 58.3 Å². The quantitative estimate of drug-likeness (QED) is 0.376. The molecule has 0 saturated carbocycles. The minimum absolute atomic E-state index is 0.752. The molecule has 2 aromatic carbocycles. The van der Waals surface area contributed by atoms with E-state index in [9.17, 15) is 0 Å². The van der Waals surface area contributed by atoms with E-state index in [1.165, 1.54) is 5.39 Å². The number of hydrogen-bond donors (Lipinski definition) is 1. The summed E-state index contributed by atoms with van der Waals surface area (Å²) >= 11 is 0. The van der Waals surface area contributed by atoms with E-state index in [0.29, 0.717) is 0 Å². The predicted octanol–water partition coefficient (Wildman–Crippen LogP) is 6.62. The Morgan fingerprint density at radius 3 is 2.50 bits per heavy atom. The Hall–Kier alpha value is -4.05. The first-order valence-electron chi connectivity index (χ1n) is 9.80. The summed E-state index contributed by atoms with van der Waals surface area (Å²) in [6.45, 7) is 5.93. The molecule has 3 heterocycles. The van der Waals surface area contributed by atoms with E-state index >= 15 is 0 Å². The largest absolute Gasteiger partial charge is 0.324 e. The normalized spacial score (nSPS) is 11.0. The van der Waals surface area contributed by atoms with Crippen LogP contribution in [0.2, 0.25) is 0 Å². The molecule has 1 N–H and O–H groups in total. The van der Waals surface area contributed by atoms with Crippen LogP contribution in [0.3, 0.4) is 0 Å². The van der Waals surface area contributed by atoms with E-state index in [4.69, 9.17) is 4.98 Å². The first-order valence-corrected chi connectivity index (χ1v) is 9.80. The Balaban J connectivity index is 1.58. The van der Waals surface area contributed by atoms with E-state index < -0.39 is 0 Å². The molecule has 0 spiro atoms. The molecule has 0 aliphatic heterocycles. The molecule has 30 heavy (non-hydrogen) atoms. The lowest BCUT2D eigenvalue weighted by molar-refractivity contribution is 1.26. The molecule has 0 unspecified atom stereocenters. The number of hydrogen-bond acceptors (Lipinski definition) is 4. The van der Waals surface area contributed by atoms with Crippen LogP contribution in [0.4, 0.5) is 11.6 Å². The van der Waals surface area contributed by atoms with Gasteiger partial charge in [0, 0.05) is 41.1 Å². The molecule has 0 aliphatic rings. The molecule has 0 saturated heterocycles. The Kier molecular flexibility index (Phi) is 4.45. The fourth-order valence-corrected chi connectivity index (χ4v) is 3.62. The van der Waals surface area contributed by atoms with Crippen molar-refractivity contribution in [3.63, 3.8) is 0 Å². The second-order valence-corrected chi connectivity index (χ2v) is 7.34. The van der Waals surface area contributed by atoms with Gasteiger partial charge in [0.05, 0.1) is 0 Å². The highest BCUT2D eigenvalue weighted by Gasteiger charge is 2.10. The first-order chi connectivity index (χ1) is 14.7. The fourth-order valence-electron chi connectivity index (χ4n) is 3.62. The van der Waals surface area contributed by atoms with Gasteiger partial charge in [0.2, 0.25) is 0 Å². The molecule has 4 nitrogen and oxygen atoms in total. The van der Waals surface area contributed by atoms with Gasteiger partial charge in [-0.2, -0.15) is 0 Å². The zero-order chi connectivity index (χ0) is 20.5. The van der Waals surface area contributed by atoms with E-state index in [1.54, 1.807) is 0 Å². The molecule has 144 valence electrons. The minimum Gasteiger partial charge on any atom is -0.324 e. The summed E-state index contributed by atoms with van der Waals surface area (Å²) < 4.78 is 0. The summed E-state index contributed by atoms with van der Waals surface area (Å²) in [5.41, 5.74) is 4.23. The zero-order valence-electron chi connectivity index (χ0n) is 16.6. The second-order valence-electron chi connectivity index (χ2n) is 7.34. The molecular weight excluding hydrogens is 368 g/mol. The minimum atomic E-state index is 0.752. The average Bonchev–Trinajstić information content (AvgIpc) is 2.79. The molecule has 0 fully saturated rings. The van der Waals surface area contributed by atoms with Crippen LogP contribution in [0.25, 0.3) is 38.2 Å². The van der Waals surface area contributed by atoms with E-state index in [-0.39, 0.29) is 0 Å². The van der Waals surface area contributed by atoms with Crippen molar-refractivity contribution in [1.82, 2.24) is 15.0 Å². The highest BCUT2D eigenvalue weighted by atomic mass is 15.0. The summed E-state index contributed by atoms with van der Waals surface area (Å²) in [6, 6.07) is 20.7. The van der Waals surface area contributed by atoms with Gasteiger partial charge in [0.1, 0.15) is 11.6 Å². The summed E-state index contributed by atoms with van der Waals surface area (Å²) in [5, 5.41) is 7.83. The number of nitrogens with one attached hydrogen (secondary N) is 1. The van der Waals surface area contributed by atoms with Crippen molar-refractivity contribution in [2.24, 2.45) is 0 Å². The van der Waals surface area contributed by atoms with Crippen LogP contribution in [-0.4, -0.2) is 15.0 Å². The number of anilines is 2. The predicted molar refractivity (Wildman–Crippen MR) is 125 cm³/mol. The molecule has 0 bridgehead atoms. The van der Waals surface area contributed by atoms with Crippen LogP contribution >= 0.6 is 0 Å². The standard InChI is InChI=1S/C26H20N4/c1-17(2)20-9-10-25(28-15-20)30-26-23-6-4-3-5-22(23)24(16-29-26)19-8-7-18-11-12-27-14-21(18)13-19/h3-16H,1H2,2H3,(H,28,29,30). The molecule has 0 atom stereocenters. The van der Waals surface area contributed by atoms with Crippen molar-refractivity contribution in [2.45, 2.75) is 6.92 Å². The molecule has 0 radical (unpaired) electrons. The highest BCUT2D eigenvalue weighted by Crippen LogP contribution is 2.33. The van der Waals surface area contributed by atoms with Crippen molar-refractivity contribution in [1.29, 1.82) is 0 Å². The van der Waals surface area contributed by atoms with Gasteiger partial charge in [-0.25, -0.2) is 9.97 Å². The van der Waals surface area contributed by atoms with Crippen molar-refractivity contribution in [3.8, 4) is 11.1 Å².